The van der Waals surface area contributed by atoms with Gasteiger partial charge in [0, 0.05) is 12.6 Å². The third-order valence-corrected chi connectivity index (χ3v) is 2.25. The Kier molecular flexibility index (Phi) is 4.37. The highest BCUT2D eigenvalue weighted by molar-refractivity contribution is 5.94. The van der Waals surface area contributed by atoms with Crippen LogP contribution in [-0.4, -0.2) is 18.5 Å². The van der Waals surface area contributed by atoms with E-state index in [0.717, 1.165) is 18.6 Å². The molecule has 0 radical (unpaired) electrons. The molecule has 0 aliphatic carbocycles. The molecule has 1 unspecified atom stereocenters. The minimum absolute atomic E-state index is 0.0534. The van der Waals surface area contributed by atoms with Crippen molar-refractivity contribution in [1.82, 2.24) is 5.32 Å². The fraction of sp³-hybridized carbons (Fsp3) is 0.545. The van der Waals surface area contributed by atoms with Gasteiger partial charge in [0.1, 0.15) is 12.0 Å². The minimum Gasteiger partial charge on any atom is -0.469 e. The number of hydrogen-bond donors (Lipinski definition) is 2. The smallest absolute Gasteiger partial charge is 0.254 e. The predicted molar refractivity (Wildman–Crippen MR) is 58.7 cm³/mol. The van der Waals surface area contributed by atoms with Gasteiger partial charge >= 0.3 is 0 Å². The van der Waals surface area contributed by atoms with Gasteiger partial charge in [-0.3, -0.25) is 4.79 Å². The van der Waals surface area contributed by atoms with Crippen LogP contribution >= 0.6 is 0 Å². The van der Waals surface area contributed by atoms with Crippen molar-refractivity contribution in [3.05, 3.63) is 23.7 Å². The molecular weight excluding hydrogens is 192 g/mol. The standard InChI is InChI=1S/C11H18N2O2/c1-3-4-10(6-12)13-11(14)9-5-8(2)15-7-9/h5,7,10H,3-4,6,12H2,1-2H3,(H,13,14). The van der Waals surface area contributed by atoms with E-state index in [0.29, 0.717) is 12.1 Å². The summed E-state index contributed by atoms with van der Waals surface area (Å²) in [5, 5.41) is 2.87. The molecule has 1 heterocycles. The second-order valence-corrected chi connectivity index (χ2v) is 3.64. The first-order chi connectivity index (χ1) is 7.17. The molecule has 84 valence electrons. The van der Waals surface area contributed by atoms with Crippen molar-refractivity contribution in [3.8, 4) is 0 Å². The lowest BCUT2D eigenvalue weighted by Gasteiger charge is -2.14. The van der Waals surface area contributed by atoms with Crippen molar-refractivity contribution in [1.29, 1.82) is 0 Å². The van der Waals surface area contributed by atoms with Crippen molar-refractivity contribution in [2.75, 3.05) is 6.54 Å². The third-order valence-electron chi connectivity index (χ3n) is 2.25. The lowest BCUT2D eigenvalue weighted by atomic mass is 10.1. The van der Waals surface area contributed by atoms with Gasteiger partial charge in [0.25, 0.3) is 5.91 Å². The molecule has 0 aliphatic heterocycles. The van der Waals surface area contributed by atoms with Crippen LogP contribution in [0.5, 0.6) is 0 Å². The van der Waals surface area contributed by atoms with Crippen LogP contribution in [0.4, 0.5) is 0 Å². The van der Waals surface area contributed by atoms with Crippen LogP contribution in [0.3, 0.4) is 0 Å². The summed E-state index contributed by atoms with van der Waals surface area (Å²) < 4.78 is 5.07. The number of rotatable bonds is 5. The first-order valence-electron chi connectivity index (χ1n) is 5.23. The maximum absolute atomic E-state index is 11.7. The average Bonchev–Trinajstić information content (AvgIpc) is 2.64. The number of carbonyl (C=O) groups is 1. The number of furan rings is 1. The first kappa shape index (κ1) is 11.8. The van der Waals surface area contributed by atoms with E-state index in [9.17, 15) is 4.79 Å². The van der Waals surface area contributed by atoms with Gasteiger partial charge in [-0.2, -0.15) is 0 Å². The van der Waals surface area contributed by atoms with Crippen LogP contribution in [0, 0.1) is 6.92 Å². The number of amides is 1. The van der Waals surface area contributed by atoms with E-state index in [2.05, 4.69) is 12.2 Å². The van der Waals surface area contributed by atoms with Gasteiger partial charge < -0.3 is 15.5 Å². The molecule has 0 saturated carbocycles. The summed E-state index contributed by atoms with van der Waals surface area (Å²) in [7, 11) is 0. The van der Waals surface area contributed by atoms with E-state index in [1.165, 1.54) is 6.26 Å². The Morgan fingerprint density at radius 2 is 2.40 bits per heavy atom. The van der Waals surface area contributed by atoms with Crippen LogP contribution in [0.2, 0.25) is 0 Å². The number of nitrogens with one attached hydrogen (secondary N) is 1. The number of aryl methyl sites for hydroxylation is 1. The Morgan fingerprint density at radius 1 is 1.67 bits per heavy atom. The molecule has 1 aromatic heterocycles. The summed E-state index contributed by atoms with van der Waals surface area (Å²) >= 11 is 0. The summed E-state index contributed by atoms with van der Waals surface area (Å²) in [6.07, 6.45) is 3.37. The molecule has 4 nitrogen and oxygen atoms in total. The Morgan fingerprint density at radius 3 is 2.87 bits per heavy atom. The lowest BCUT2D eigenvalue weighted by Crippen LogP contribution is -2.39. The van der Waals surface area contributed by atoms with Crippen LogP contribution in [0.25, 0.3) is 0 Å². The molecule has 0 aliphatic rings. The maximum Gasteiger partial charge on any atom is 0.254 e. The zero-order valence-electron chi connectivity index (χ0n) is 9.25. The zero-order valence-corrected chi connectivity index (χ0v) is 9.25. The van der Waals surface area contributed by atoms with Gasteiger partial charge in [-0.05, 0) is 19.4 Å². The van der Waals surface area contributed by atoms with Gasteiger partial charge in [0.2, 0.25) is 0 Å². The Labute approximate surface area is 89.8 Å². The second-order valence-electron chi connectivity index (χ2n) is 3.64. The largest absolute Gasteiger partial charge is 0.469 e. The molecular formula is C11H18N2O2. The fourth-order valence-electron chi connectivity index (χ4n) is 1.43. The highest BCUT2D eigenvalue weighted by atomic mass is 16.3. The molecule has 1 atom stereocenters. The topological polar surface area (TPSA) is 68.3 Å². The van der Waals surface area contributed by atoms with Crippen molar-refractivity contribution < 1.29 is 9.21 Å². The minimum atomic E-state index is -0.115. The molecule has 0 bridgehead atoms. The first-order valence-corrected chi connectivity index (χ1v) is 5.23. The van der Waals surface area contributed by atoms with Crippen molar-refractivity contribution in [2.24, 2.45) is 5.73 Å². The van der Waals surface area contributed by atoms with E-state index in [4.69, 9.17) is 10.2 Å². The molecule has 15 heavy (non-hydrogen) atoms. The molecule has 0 spiro atoms. The molecule has 1 aromatic rings. The van der Waals surface area contributed by atoms with Crippen molar-refractivity contribution >= 4 is 5.91 Å². The average molecular weight is 210 g/mol. The molecule has 3 N–H and O–H groups in total. The van der Waals surface area contributed by atoms with Crippen molar-refractivity contribution in [3.63, 3.8) is 0 Å². The SMILES string of the molecule is CCCC(CN)NC(=O)c1coc(C)c1. The van der Waals surface area contributed by atoms with Crippen LogP contribution in [-0.2, 0) is 0 Å². The fourth-order valence-corrected chi connectivity index (χ4v) is 1.43. The lowest BCUT2D eigenvalue weighted by molar-refractivity contribution is 0.0935. The maximum atomic E-state index is 11.7. The number of hydrogen-bond acceptors (Lipinski definition) is 3. The third kappa shape index (κ3) is 3.40. The van der Waals surface area contributed by atoms with E-state index >= 15 is 0 Å². The zero-order chi connectivity index (χ0) is 11.3. The molecule has 1 amide bonds. The Balaban J connectivity index is 2.54. The highest BCUT2D eigenvalue weighted by Gasteiger charge is 2.13. The number of nitrogens with two attached hydrogens (primary N) is 1. The molecule has 4 heteroatoms. The quantitative estimate of drug-likeness (QED) is 0.772. The van der Waals surface area contributed by atoms with E-state index in [-0.39, 0.29) is 11.9 Å². The summed E-state index contributed by atoms with van der Waals surface area (Å²) in [5.41, 5.74) is 6.11. The second kappa shape index (κ2) is 5.56. The Hall–Kier alpha value is -1.29. The van der Waals surface area contributed by atoms with Crippen LogP contribution in [0.15, 0.2) is 16.7 Å². The van der Waals surface area contributed by atoms with Crippen LogP contribution in [0.1, 0.15) is 35.9 Å². The van der Waals surface area contributed by atoms with Crippen molar-refractivity contribution in [2.45, 2.75) is 32.7 Å². The normalized spacial score (nSPS) is 12.5. The van der Waals surface area contributed by atoms with Gasteiger partial charge in [0.15, 0.2) is 0 Å². The highest BCUT2D eigenvalue weighted by Crippen LogP contribution is 2.06. The van der Waals surface area contributed by atoms with Gasteiger partial charge in [-0.1, -0.05) is 13.3 Å². The van der Waals surface area contributed by atoms with E-state index in [1.54, 1.807) is 6.07 Å². The molecule has 0 saturated heterocycles. The monoisotopic (exact) mass is 210 g/mol. The molecule has 0 fully saturated rings. The van der Waals surface area contributed by atoms with E-state index < -0.39 is 0 Å². The van der Waals surface area contributed by atoms with Gasteiger partial charge in [-0.15, -0.1) is 0 Å². The molecule has 0 aromatic carbocycles. The summed E-state index contributed by atoms with van der Waals surface area (Å²) in [5.74, 6) is 0.621. The molecule has 1 rings (SSSR count). The summed E-state index contributed by atoms with van der Waals surface area (Å²) in [6, 6.07) is 1.77. The predicted octanol–water partition coefficient (Wildman–Crippen LogP) is 1.45. The Bertz CT molecular complexity index is 320. The summed E-state index contributed by atoms with van der Waals surface area (Å²) in [6.45, 7) is 4.34. The number of carbonyl (C=O) groups excluding carboxylic acids is 1. The van der Waals surface area contributed by atoms with Gasteiger partial charge in [-0.25, -0.2) is 0 Å². The van der Waals surface area contributed by atoms with Crippen LogP contribution < -0.4 is 11.1 Å². The van der Waals surface area contributed by atoms with Gasteiger partial charge in [0.05, 0.1) is 5.56 Å². The summed E-state index contributed by atoms with van der Waals surface area (Å²) in [4.78, 5) is 11.7. The van der Waals surface area contributed by atoms with E-state index in [1.807, 2.05) is 6.92 Å².